The number of hydrogen-bond donors (Lipinski definition) is 1. The number of aryl methyl sites for hydroxylation is 1. The maximum absolute atomic E-state index is 6.00. The Morgan fingerprint density at radius 3 is 2.90 bits per heavy atom. The van der Waals surface area contributed by atoms with Crippen molar-refractivity contribution in [2.45, 2.75) is 32.4 Å². The van der Waals surface area contributed by atoms with Crippen molar-refractivity contribution in [2.24, 2.45) is 0 Å². The van der Waals surface area contributed by atoms with Gasteiger partial charge in [-0.15, -0.1) is 0 Å². The number of fused-ring (bicyclic) bond motifs is 1. The van der Waals surface area contributed by atoms with Crippen LogP contribution < -0.4 is 10.1 Å². The predicted molar refractivity (Wildman–Crippen MR) is 89.9 cm³/mol. The molecule has 21 heavy (non-hydrogen) atoms. The zero-order valence-electron chi connectivity index (χ0n) is 12.4. The molecule has 0 aliphatic carbocycles. The maximum Gasteiger partial charge on any atom is 0.123 e. The zero-order chi connectivity index (χ0) is 14.8. The second kappa shape index (κ2) is 6.20. The number of hydrogen-bond acceptors (Lipinski definition) is 2. The van der Waals surface area contributed by atoms with Gasteiger partial charge in [0, 0.05) is 23.5 Å². The van der Waals surface area contributed by atoms with Crippen molar-refractivity contribution in [2.75, 3.05) is 6.54 Å². The molecule has 0 aromatic heterocycles. The van der Waals surface area contributed by atoms with Crippen molar-refractivity contribution < 1.29 is 4.74 Å². The zero-order valence-corrected chi connectivity index (χ0v) is 14.0. The van der Waals surface area contributed by atoms with Crippen molar-refractivity contribution in [1.29, 1.82) is 0 Å². The molecule has 1 unspecified atom stereocenters. The van der Waals surface area contributed by atoms with Crippen molar-refractivity contribution in [3.05, 3.63) is 63.6 Å². The van der Waals surface area contributed by atoms with E-state index in [2.05, 4.69) is 71.5 Å². The van der Waals surface area contributed by atoms with Crippen LogP contribution in [0, 0.1) is 6.92 Å². The number of benzene rings is 2. The Kier molecular flexibility index (Phi) is 4.32. The molecule has 0 saturated heterocycles. The second-order valence-corrected chi connectivity index (χ2v) is 6.56. The Bertz CT molecular complexity index is 641. The highest BCUT2D eigenvalue weighted by atomic mass is 79.9. The van der Waals surface area contributed by atoms with Crippen LogP contribution in [0.1, 0.15) is 29.7 Å². The van der Waals surface area contributed by atoms with E-state index in [1.807, 2.05) is 6.07 Å². The van der Waals surface area contributed by atoms with Crippen LogP contribution in [0.15, 0.2) is 46.9 Å². The molecular formula is C18H20BrNO. The molecule has 1 N–H and O–H groups in total. The lowest BCUT2D eigenvalue weighted by Gasteiger charge is -2.18. The topological polar surface area (TPSA) is 21.3 Å². The van der Waals surface area contributed by atoms with Gasteiger partial charge < -0.3 is 10.1 Å². The Morgan fingerprint density at radius 2 is 2.10 bits per heavy atom. The number of nitrogens with one attached hydrogen (secondary N) is 1. The van der Waals surface area contributed by atoms with Crippen molar-refractivity contribution in [3.8, 4) is 5.75 Å². The molecule has 0 spiro atoms. The minimum Gasteiger partial charge on any atom is -0.488 e. The summed E-state index contributed by atoms with van der Waals surface area (Å²) in [6, 6.07) is 15.1. The van der Waals surface area contributed by atoms with Crippen LogP contribution in [0.3, 0.4) is 0 Å². The normalized spacial score (nSPS) is 18.1. The SMILES string of the molecule is Cc1ccc2c(c1)CC(CN[C@H](C)c1ccccc1Br)O2. The summed E-state index contributed by atoms with van der Waals surface area (Å²) in [5.74, 6) is 1.04. The van der Waals surface area contributed by atoms with E-state index in [9.17, 15) is 0 Å². The molecule has 0 fully saturated rings. The van der Waals surface area contributed by atoms with Gasteiger partial charge in [-0.05, 0) is 37.1 Å². The summed E-state index contributed by atoms with van der Waals surface area (Å²) in [6.07, 6.45) is 1.22. The maximum atomic E-state index is 6.00. The van der Waals surface area contributed by atoms with Crippen LogP contribution in [0.5, 0.6) is 5.75 Å². The third-order valence-electron chi connectivity index (χ3n) is 3.98. The highest BCUT2D eigenvalue weighted by molar-refractivity contribution is 9.10. The number of halogens is 1. The molecule has 3 rings (SSSR count). The molecule has 110 valence electrons. The average molecular weight is 346 g/mol. The first-order valence-electron chi connectivity index (χ1n) is 7.37. The predicted octanol–water partition coefficient (Wildman–Crippen LogP) is 4.41. The molecule has 0 amide bonds. The van der Waals surface area contributed by atoms with E-state index in [1.54, 1.807) is 0 Å². The lowest BCUT2D eigenvalue weighted by Crippen LogP contribution is -2.32. The fourth-order valence-corrected chi connectivity index (χ4v) is 3.44. The molecule has 2 atom stereocenters. The van der Waals surface area contributed by atoms with Gasteiger partial charge in [-0.2, -0.15) is 0 Å². The number of ether oxygens (including phenoxy) is 1. The average Bonchev–Trinajstić information content (AvgIpc) is 2.87. The van der Waals surface area contributed by atoms with Gasteiger partial charge in [0.25, 0.3) is 0 Å². The molecule has 2 nitrogen and oxygen atoms in total. The molecule has 1 aliphatic heterocycles. The molecule has 0 bridgehead atoms. The Labute approximate surface area is 134 Å². The van der Waals surface area contributed by atoms with Gasteiger partial charge in [0.05, 0.1) is 0 Å². The van der Waals surface area contributed by atoms with Gasteiger partial charge in [-0.1, -0.05) is 51.8 Å². The van der Waals surface area contributed by atoms with E-state index in [0.29, 0.717) is 6.04 Å². The largest absolute Gasteiger partial charge is 0.488 e. The molecule has 1 heterocycles. The van der Waals surface area contributed by atoms with E-state index in [4.69, 9.17) is 4.74 Å². The van der Waals surface area contributed by atoms with Gasteiger partial charge in [0.1, 0.15) is 11.9 Å². The van der Waals surface area contributed by atoms with Gasteiger partial charge in [-0.3, -0.25) is 0 Å². The number of rotatable bonds is 4. The van der Waals surface area contributed by atoms with Crippen LogP contribution in [0.4, 0.5) is 0 Å². The van der Waals surface area contributed by atoms with E-state index in [1.165, 1.54) is 16.7 Å². The first-order valence-corrected chi connectivity index (χ1v) is 8.17. The fourth-order valence-electron chi connectivity index (χ4n) is 2.81. The van der Waals surface area contributed by atoms with Crippen molar-refractivity contribution in [3.63, 3.8) is 0 Å². The van der Waals surface area contributed by atoms with Gasteiger partial charge in [-0.25, -0.2) is 0 Å². The van der Waals surface area contributed by atoms with Crippen molar-refractivity contribution in [1.82, 2.24) is 5.32 Å². The van der Waals surface area contributed by atoms with E-state index in [0.717, 1.165) is 23.2 Å². The smallest absolute Gasteiger partial charge is 0.123 e. The summed E-state index contributed by atoms with van der Waals surface area (Å²) in [5.41, 5.74) is 3.91. The minimum atomic E-state index is 0.228. The molecule has 3 heteroatoms. The lowest BCUT2D eigenvalue weighted by molar-refractivity contribution is 0.222. The summed E-state index contributed by atoms with van der Waals surface area (Å²) in [4.78, 5) is 0. The standard InChI is InChI=1S/C18H20BrNO/c1-12-7-8-18-14(9-12)10-15(21-18)11-20-13(2)16-5-3-4-6-17(16)19/h3-9,13,15,20H,10-11H2,1-2H3/t13-,15?/m1/s1. The quantitative estimate of drug-likeness (QED) is 0.885. The summed E-state index contributed by atoms with van der Waals surface area (Å²) < 4.78 is 7.15. The van der Waals surface area contributed by atoms with E-state index in [-0.39, 0.29) is 6.10 Å². The molecule has 0 saturated carbocycles. The van der Waals surface area contributed by atoms with Gasteiger partial charge in [0.2, 0.25) is 0 Å². The summed E-state index contributed by atoms with van der Waals surface area (Å²) in [7, 11) is 0. The summed E-state index contributed by atoms with van der Waals surface area (Å²) in [6.45, 7) is 5.17. The molecule has 1 aliphatic rings. The minimum absolute atomic E-state index is 0.228. The van der Waals surface area contributed by atoms with Gasteiger partial charge >= 0.3 is 0 Å². The second-order valence-electron chi connectivity index (χ2n) is 5.71. The molecule has 0 radical (unpaired) electrons. The highest BCUT2D eigenvalue weighted by Crippen LogP contribution is 2.29. The monoisotopic (exact) mass is 345 g/mol. The molecular weight excluding hydrogens is 326 g/mol. The highest BCUT2D eigenvalue weighted by Gasteiger charge is 2.23. The third kappa shape index (κ3) is 3.30. The Morgan fingerprint density at radius 1 is 1.29 bits per heavy atom. The van der Waals surface area contributed by atoms with Crippen LogP contribution >= 0.6 is 15.9 Å². The van der Waals surface area contributed by atoms with Crippen LogP contribution in [-0.2, 0) is 6.42 Å². The first-order chi connectivity index (χ1) is 10.1. The third-order valence-corrected chi connectivity index (χ3v) is 4.70. The van der Waals surface area contributed by atoms with E-state index < -0.39 is 0 Å². The summed E-state index contributed by atoms with van der Waals surface area (Å²) in [5, 5.41) is 3.58. The summed E-state index contributed by atoms with van der Waals surface area (Å²) >= 11 is 3.61. The fraction of sp³-hybridized carbons (Fsp3) is 0.333. The van der Waals surface area contributed by atoms with Crippen LogP contribution in [0.25, 0.3) is 0 Å². The molecule has 2 aromatic carbocycles. The van der Waals surface area contributed by atoms with Crippen LogP contribution in [-0.4, -0.2) is 12.6 Å². The van der Waals surface area contributed by atoms with Crippen molar-refractivity contribution >= 4 is 15.9 Å². The Hall–Kier alpha value is -1.32. The Balaban J connectivity index is 1.59. The van der Waals surface area contributed by atoms with Crippen LogP contribution in [0.2, 0.25) is 0 Å². The first kappa shape index (κ1) is 14.6. The molecule has 2 aromatic rings. The lowest BCUT2D eigenvalue weighted by atomic mass is 10.1. The van der Waals surface area contributed by atoms with E-state index >= 15 is 0 Å². The van der Waals surface area contributed by atoms with Gasteiger partial charge in [0.15, 0.2) is 0 Å².